The number of hydrogen-bond acceptors (Lipinski definition) is 6. The van der Waals surface area contributed by atoms with Gasteiger partial charge in [-0.3, -0.25) is 9.69 Å². The molecule has 190 valence electrons. The van der Waals surface area contributed by atoms with Crippen molar-refractivity contribution in [1.82, 2.24) is 19.1 Å². The Hall–Kier alpha value is -2.49. The average Bonchev–Trinajstić information content (AvgIpc) is 2.89. The quantitative estimate of drug-likeness (QED) is 0.583. The number of hydrogen-bond donors (Lipinski definition) is 0. The smallest absolute Gasteiger partial charge is 0.253 e. The summed E-state index contributed by atoms with van der Waals surface area (Å²) in [5, 5.41) is 0. The molecule has 2 saturated heterocycles. The van der Waals surface area contributed by atoms with Gasteiger partial charge in [0.2, 0.25) is 10.0 Å². The Labute approximate surface area is 209 Å². The second kappa shape index (κ2) is 11.1. The van der Waals surface area contributed by atoms with Crippen molar-refractivity contribution < 1.29 is 13.2 Å². The molecule has 1 atom stereocenters. The van der Waals surface area contributed by atoms with Crippen molar-refractivity contribution in [3.63, 3.8) is 0 Å². The number of piperidine rings is 1. The number of likely N-dealkylation sites (tertiary alicyclic amines) is 1. The third-order valence-electron chi connectivity index (χ3n) is 7.17. The van der Waals surface area contributed by atoms with Crippen molar-refractivity contribution in [2.45, 2.75) is 37.6 Å². The molecule has 8 nitrogen and oxygen atoms in total. The number of aromatic nitrogens is 1. The van der Waals surface area contributed by atoms with E-state index >= 15 is 0 Å². The minimum absolute atomic E-state index is 0.0177. The standard InChI is InChI=1S/C26H37N5O3S/c1-21(2)28(3)35(33,34)24-11-9-23(10-12-24)26(32)31-14-6-7-22(20-31)19-29-15-17-30(18-16-29)25-8-4-5-13-27-25/h4-5,8-13,21-22H,6-7,14-20H2,1-3H3. The Morgan fingerprint density at radius 2 is 1.77 bits per heavy atom. The van der Waals surface area contributed by atoms with Gasteiger partial charge in [-0.25, -0.2) is 13.4 Å². The first kappa shape index (κ1) is 25.6. The van der Waals surface area contributed by atoms with Crippen molar-refractivity contribution >= 4 is 21.7 Å². The molecule has 2 aliphatic rings. The third-order valence-corrected chi connectivity index (χ3v) is 9.22. The molecule has 3 heterocycles. The van der Waals surface area contributed by atoms with E-state index in [1.165, 1.54) is 4.31 Å². The topological polar surface area (TPSA) is 77.1 Å². The van der Waals surface area contributed by atoms with E-state index in [0.29, 0.717) is 11.5 Å². The SMILES string of the molecule is CC(C)N(C)S(=O)(=O)c1ccc(C(=O)N2CCCC(CN3CCN(c4ccccn4)CC3)C2)cc1. The van der Waals surface area contributed by atoms with Crippen LogP contribution in [-0.2, 0) is 10.0 Å². The Bertz CT molecular complexity index is 1080. The molecule has 0 bridgehead atoms. The maximum atomic E-state index is 13.2. The van der Waals surface area contributed by atoms with Crippen LogP contribution >= 0.6 is 0 Å². The van der Waals surface area contributed by atoms with Gasteiger partial charge in [0.25, 0.3) is 5.91 Å². The molecule has 2 fully saturated rings. The predicted octanol–water partition coefficient (Wildman–Crippen LogP) is 2.78. The second-order valence-electron chi connectivity index (χ2n) is 9.87. The minimum Gasteiger partial charge on any atom is -0.354 e. The molecule has 0 aliphatic carbocycles. The number of amides is 1. The number of piperazine rings is 1. The largest absolute Gasteiger partial charge is 0.354 e. The van der Waals surface area contributed by atoms with Gasteiger partial charge in [-0.15, -0.1) is 0 Å². The number of sulfonamides is 1. The highest BCUT2D eigenvalue weighted by atomic mass is 32.2. The van der Waals surface area contributed by atoms with Crippen LogP contribution in [0.5, 0.6) is 0 Å². The first-order valence-corrected chi connectivity index (χ1v) is 14.0. The summed E-state index contributed by atoms with van der Waals surface area (Å²) in [6.45, 7) is 10.1. The number of carbonyl (C=O) groups excluding carboxylic acids is 1. The van der Waals surface area contributed by atoms with E-state index in [0.717, 1.165) is 64.5 Å². The van der Waals surface area contributed by atoms with E-state index in [1.54, 1.807) is 31.3 Å². The Morgan fingerprint density at radius 1 is 1.06 bits per heavy atom. The highest BCUT2D eigenvalue weighted by Crippen LogP contribution is 2.23. The van der Waals surface area contributed by atoms with Gasteiger partial charge in [-0.05, 0) is 69.0 Å². The highest BCUT2D eigenvalue weighted by Gasteiger charge is 2.28. The second-order valence-corrected chi connectivity index (χ2v) is 11.9. The molecule has 2 aromatic rings. The molecule has 1 amide bonds. The molecule has 0 spiro atoms. The molecule has 1 unspecified atom stereocenters. The number of pyridine rings is 1. The van der Waals surface area contributed by atoms with Crippen LogP contribution in [0.3, 0.4) is 0 Å². The number of rotatable bonds is 7. The highest BCUT2D eigenvalue weighted by molar-refractivity contribution is 7.89. The lowest BCUT2D eigenvalue weighted by Crippen LogP contribution is -2.50. The zero-order valence-electron chi connectivity index (χ0n) is 21.0. The molecule has 0 radical (unpaired) electrons. The van der Waals surface area contributed by atoms with E-state index in [9.17, 15) is 13.2 Å². The van der Waals surface area contributed by atoms with Crippen molar-refractivity contribution in [3.8, 4) is 0 Å². The van der Waals surface area contributed by atoms with Crippen molar-refractivity contribution in [2.75, 3.05) is 57.8 Å². The number of nitrogens with zero attached hydrogens (tertiary/aromatic N) is 5. The van der Waals surface area contributed by atoms with Crippen LogP contribution < -0.4 is 4.90 Å². The Balaban J connectivity index is 1.31. The first-order chi connectivity index (χ1) is 16.8. The number of carbonyl (C=O) groups is 1. The van der Waals surface area contributed by atoms with E-state index in [4.69, 9.17) is 0 Å². The number of anilines is 1. The third kappa shape index (κ3) is 6.02. The summed E-state index contributed by atoms with van der Waals surface area (Å²) in [6, 6.07) is 12.3. The summed E-state index contributed by atoms with van der Waals surface area (Å²) in [5.41, 5.74) is 0.542. The number of benzene rings is 1. The van der Waals surface area contributed by atoms with Crippen LogP contribution in [0.1, 0.15) is 37.0 Å². The molecule has 2 aliphatic heterocycles. The zero-order chi connectivity index (χ0) is 25.0. The molecule has 9 heteroatoms. The fourth-order valence-electron chi connectivity index (χ4n) is 4.86. The summed E-state index contributed by atoms with van der Waals surface area (Å²) < 4.78 is 26.8. The summed E-state index contributed by atoms with van der Waals surface area (Å²) in [6.07, 6.45) is 3.96. The lowest BCUT2D eigenvalue weighted by atomic mass is 9.96. The molecular weight excluding hydrogens is 462 g/mol. The zero-order valence-corrected chi connectivity index (χ0v) is 21.8. The molecule has 1 aromatic heterocycles. The molecule has 0 N–H and O–H groups in total. The van der Waals surface area contributed by atoms with Crippen LogP contribution in [0.25, 0.3) is 0 Å². The fourth-order valence-corrected chi connectivity index (χ4v) is 6.23. The lowest BCUT2D eigenvalue weighted by molar-refractivity contribution is 0.0637. The van der Waals surface area contributed by atoms with Crippen LogP contribution in [0, 0.1) is 5.92 Å². The van der Waals surface area contributed by atoms with Crippen LogP contribution in [0.2, 0.25) is 0 Å². The van der Waals surface area contributed by atoms with Gasteiger partial charge in [-0.2, -0.15) is 4.31 Å². The average molecular weight is 500 g/mol. The Morgan fingerprint density at radius 3 is 2.40 bits per heavy atom. The van der Waals surface area contributed by atoms with Crippen LogP contribution in [0.15, 0.2) is 53.6 Å². The molecule has 4 rings (SSSR count). The van der Waals surface area contributed by atoms with Gasteiger partial charge in [-0.1, -0.05) is 6.07 Å². The van der Waals surface area contributed by atoms with E-state index in [2.05, 4.69) is 20.9 Å². The van der Waals surface area contributed by atoms with Crippen molar-refractivity contribution in [2.24, 2.45) is 5.92 Å². The molecular formula is C26H37N5O3S. The molecule has 35 heavy (non-hydrogen) atoms. The summed E-state index contributed by atoms with van der Waals surface area (Å²) in [7, 11) is -1.98. The normalized spacial score (nSPS) is 20.0. The van der Waals surface area contributed by atoms with Crippen LogP contribution in [0.4, 0.5) is 5.82 Å². The maximum Gasteiger partial charge on any atom is 0.253 e. The molecule has 1 aromatic carbocycles. The predicted molar refractivity (Wildman–Crippen MR) is 138 cm³/mol. The maximum absolute atomic E-state index is 13.2. The van der Waals surface area contributed by atoms with Gasteiger partial charge < -0.3 is 9.80 Å². The summed E-state index contributed by atoms with van der Waals surface area (Å²) in [4.78, 5) is 24.6. The van der Waals surface area contributed by atoms with Gasteiger partial charge >= 0.3 is 0 Å². The van der Waals surface area contributed by atoms with Crippen molar-refractivity contribution in [1.29, 1.82) is 0 Å². The summed E-state index contributed by atoms with van der Waals surface area (Å²) >= 11 is 0. The van der Waals surface area contributed by atoms with E-state index in [1.807, 2.05) is 37.1 Å². The lowest BCUT2D eigenvalue weighted by Gasteiger charge is -2.39. The van der Waals surface area contributed by atoms with E-state index < -0.39 is 10.0 Å². The van der Waals surface area contributed by atoms with Gasteiger partial charge in [0, 0.05) is 70.7 Å². The monoisotopic (exact) mass is 499 g/mol. The molecule has 0 saturated carbocycles. The van der Waals surface area contributed by atoms with Gasteiger partial charge in [0.15, 0.2) is 0 Å². The van der Waals surface area contributed by atoms with Gasteiger partial charge in [0.05, 0.1) is 4.90 Å². The van der Waals surface area contributed by atoms with Crippen molar-refractivity contribution in [3.05, 3.63) is 54.2 Å². The fraction of sp³-hybridized carbons (Fsp3) is 0.538. The first-order valence-electron chi connectivity index (χ1n) is 12.5. The summed E-state index contributed by atoms with van der Waals surface area (Å²) in [5.74, 6) is 1.47. The Kier molecular flexibility index (Phi) is 8.09. The van der Waals surface area contributed by atoms with E-state index in [-0.39, 0.29) is 16.8 Å². The minimum atomic E-state index is -3.56. The van der Waals surface area contributed by atoms with Crippen LogP contribution in [-0.4, -0.2) is 92.3 Å². The van der Waals surface area contributed by atoms with Gasteiger partial charge in [0.1, 0.15) is 5.82 Å².